The molecule has 0 aliphatic carbocycles. The van der Waals surface area contributed by atoms with Crippen molar-refractivity contribution in [1.29, 1.82) is 0 Å². The highest BCUT2D eigenvalue weighted by Crippen LogP contribution is 2.38. The van der Waals surface area contributed by atoms with Gasteiger partial charge < -0.3 is 29.2 Å². The lowest BCUT2D eigenvalue weighted by Gasteiger charge is -2.10. The normalized spacial score (nSPS) is 12.0. The molecule has 4 N–H and O–H groups in total. The summed E-state index contributed by atoms with van der Waals surface area (Å²) in [6, 6.07) is 7.58. The Kier molecular flexibility index (Phi) is 14.6. The number of benzene rings is 1. The molecule has 5 aromatic rings. The molecule has 0 saturated heterocycles. The van der Waals surface area contributed by atoms with Gasteiger partial charge in [0.2, 0.25) is 11.6 Å². The first-order chi connectivity index (χ1) is 27.9. The zero-order valence-corrected chi connectivity index (χ0v) is 34.6. The summed E-state index contributed by atoms with van der Waals surface area (Å²) in [6.45, 7) is 15.6. The van der Waals surface area contributed by atoms with Gasteiger partial charge in [-0.25, -0.2) is 17.3 Å². The first-order valence-corrected chi connectivity index (χ1v) is 20.3. The lowest BCUT2D eigenvalue weighted by molar-refractivity contribution is 0.103. The Balaban J connectivity index is 1.64. The third kappa shape index (κ3) is 8.85. The average molecular weight is 799 g/mol. The second-order valence-electron chi connectivity index (χ2n) is 13.9. The highest BCUT2D eigenvalue weighted by molar-refractivity contribution is 6.36. The van der Waals surface area contributed by atoms with Gasteiger partial charge in [0, 0.05) is 35.9 Å². The summed E-state index contributed by atoms with van der Waals surface area (Å²) in [6.07, 6.45) is 10.5. The number of H-pyrrole nitrogens is 4. The molecule has 4 heterocycles. The van der Waals surface area contributed by atoms with E-state index in [9.17, 15) is 26.9 Å². The number of carbonyl (C=O) groups excluding carboxylic acids is 2. The van der Waals surface area contributed by atoms with Gasteiger partial charge in [-0.05, 0) is 113 Å². The second kappa shape index (κ2) is 19.4. The van der Waals surface area contributed by atoms with Crippen LogP contribution in [0, 0.1) is 0 Å². The van der Waals surface area contributed by atoms with Crippen molar-refractivity contribution < 1.29 is 36.2 Å². The fourth-order valence-corrected chi connectivity index (χ4v) is 8.23. The number of ketones is 2. The molecule has 306 valence electrons. The number of hydrogen-bond donors (Lipinski definition) is 4. The van der Waals surface area contributed by atoms with Crippen LogP contribution in [0.3, 0.4) is 0 Å². The van der Waals surface area contributed by atoms with Crippen LogP contribution in [0.15, 0.2) is 48.8 Å². The van der Waals surface area contributed by atoms with Gasteiger partial charge in [-0.1, -0.05) is 73.6 Å². The van der Waals surface area contributed by atoms with E-state index in [1.54, 1.807) is 12.4 Å². The maximum absolute atomic E-state index is 14.0. The van der Waals surface area contributed by atoms with Crippen molar-refractivity contribution in [3.63, 3.8) is 0 Å². The van der Waals surface area contributed by atoms with Crippen LogP contribution >= 0.6 is 0 Å². The van der Waals surface area contributed by atoms with Crippen molar-refractivity contribution in [3.05, 3.63) is 116 Å². The lowest BCUT2D eigenvalue weighted by Crippen LogP contribution is -2.09. The monoisotopic (exact) mass is 798 g/mol. The minimum atomic E-state index is -3.18. The number of allylic oxidation sites excluding steroid dienone is 2. The summed E-state index contributed by atoms with van der Waals surface area (Å²) in [7, 11) is -6.36. The van der Waals surface area contributed by atoms with E-state index in [1.807, 2.05) is 79.7 Å². The van der Waals surface area contributed by atoms with E-state index >= 15 is 0 Å². The third-order valence-electron chi connectivity index (χ3n) is 10.9. The highest BCUT2D eigenvalue weighted by atomic mass is 19.2. The molecular formula is C44H52B2F4N4O4. The van der Waals surface area contributed by atoms with Gasteiger partial charge in [-0.2, -0.15) is 0 Å². The number of aryl methyl sites for hydroxylation is 2. The number of aromatic amines is 4. The van der Waals surface area contributed by atoms with Gasteiger partial charge in [0.1, 0.15) is 11.5 Å². The van der Waals surface area contributed by atoms with Gasteiger partial charge in [0.15, 0.2) is 0 Å². The van der Waals surface area contributed by atoms with Crippen LogP contribution in [0.2, 0.25) is 0 Å². The maximum atomic E-state index is 14.0. The molecule has 0 fully saturated rings. The number of aromatic nitrogens is 4. The molecule has 0 amide bonds. The minimum absolute atomic E-state index is 0.261. The standard InChI is InChI=1S/C44H52B2F4N4O4/c1-9-25-23-51-41(29(25)11-3)35(55)21-37(57-45(47)48)43-33(15-7)31(13-5)39(53-43)27-18-17-19-28(20-27)40-32(14-6)34(16-8)44(54-40)38(58-46(49)50)22-36(56)42-30(12-4)26(10-2)24-52-42/h17-24,51-54H,9-16H2,1-8H3/b37-21-,38-22+. The summed E-state index contributed by atoms with van der Waals surface area (Å²) in [5.74, 6) is -1.46. The SMILES string of the molecule is CCc1c[nH]c(C(=O)/C=C(\OB(F)F)c2[nH]c(-c3cccc(-c4[nH]c(/C(=C\C(=O)c5[nH]cc(CC)c5CC)OB(F)F)c(CC)c4CC)c3)c(CC)c2CC)c1CC. The number of halogens is 4. The molecular weight excluding hydrogens is 746 g/mol. The predicted octanol–water partition coefficient (Wildman–Crippen LogP) is 11.2. The molecule has 58 heavy (non-hydrogen) atoms. The van der Waals surface area contributed by atoms with E-state index in [4.69, 9.17) is 9.31 Å². The van der Waals surface area contributed by atoms with Crippen molar-refractivity contribution in [2.24, 2.45) is 0 Å². The predicted molar refractivity (Wildman–Crippen MR) is 225 cm³/mol. The van der Waals surface area contributed by atoms with Crippen molar-refractivity contribution in [1.82, 2.24) is 19.9 Å². The Hall–Kier alpha value is -5.39. The Morgan fingerprint density at radius 2 is 0.897 bits per heavy atom. The number of rotatable bonds is 20. The zero-order chi connectivity index (χ0) is 42.3. The first kappa shape index (κ1) is 43.7. The fraction of sp³-hybridized carbons (Fsp3) is 0.364. The summed E-state index contributed by atoms with van der Waals surface area (Å²) < 4.78 is 66.2. The number of hydrogen-bond acceptors (Lipinski definition) is 4. The van der Waals surface area contributed by atoms with E-state index in [1.165, 1.54) is 0 Å². The molecule has 0 bridgehead atoms. The average Bonchev–Trinajstić information content (AvgIpc) is 4.01. The van der Waals surface area contributed by atoms with Crippen LogP contribution in [0.4, 0.5) is 17.3 Å². The molecule has 0 saturated carbocycles. The van der Waals surface area contributed by atoms with Gasteiger partial charge >= 0.3 is 14.9 Å². The van der Waals surface area contributed by atoms with E-state index in [-0.39, 0.29) is 11.5 Å². The van der Waals surface area contributed by atoms with Crippen LogP contribution in [0.1, 0.15) is 132 Å². The molecule has 14 heteroatoms. The third-order valence-corrected chi connectivity index (χ3v) is 10.9. The lowest BCUT2D eigenvalue weighted by atomic mass is 9.96. The molecule has 0 radical (unpaired) electrons. The van der Waals surface area contributed by atoms with Crippen LogP contribution in [-0.4, -0.2) is 46.4 Å². The van der Waals surface area contributed by atoms with Gasteiger partial charge in [0.05, 0.1) is 22.8 Å². The first-order valence-electron chi connectivity index (χ1n) is 20.3. The van der Waals surface area contributed by atoms with Crippen molar-refractivity contribution in [2.75, 3.05) is 0 Å². The van der Waals surface area contributed by atoms with E-state index in [2.05, 4.69) is 19.9 Å². The molecule has 4 aromatic heterocycles. The highest BCUT2D eigenvalue weighted by Gasteiger charge is 2.29. The summed E-state index contributed by atoms with van der Waals surface area (Å²) in [4.78, 5) is 40.0. The number of nitrogens with one attached hydrogen (secondary N) is 4. The smallest absolute Gasteiger partial charge is 0.503 e. The minimum Gasteiger partial charge on any atom is -0.503 e. The quantitative estimate of drug-likeness (QED) is 0.0206. The molecule has 0 unspecified atom stereocenters. The van der Waals surface area contributed by atoms with Crippen LogP contribution in [-0.2, 0) is 60.7 Å². The Labute approximate surface area is 338 Å². The topological polar surface area (TPSA) is 116 Å². The van der Waals surface area contributed by atoms with Crippen molar-refractivity contribution in [2.45, 2.75) is 107 Å². The molecule has 1 aromatic carbocycles. The zero-order valence-electron chi connectivity index (χ0n) is 34.6. The summed E-state index contributed by atoms with van der Waals surface area (Å²) >= 11 is 0. The molecule has 8 nitrogen and oxygen atoms in total. The van der Waals surface area contributed by atoms with Gasteiger partial charge in [0.25, 0.3) is 0 Å². The Bertz CT molecular complexity index is 2160. The molecule has 0 aliphatic rings. The fourth-order valence-electron chi connectivity index (χ4n) is 8.23. The van der Waals surface area contributed by atoms with Crippen LogP contribution < -0.4 is 0 Å². The summed E-state index contributed by atoms with van der Waals surface area (Å²) in [5, 5.41) is 0. The van der Waals surface area contributed by atoms with E-state index in [0.29, 0.717) is 85.5 Å². The Morgan fingerprint density at radius 1 is 0.534 bits per heavy atom. The largest absolute Gasteiger partial charge is 0.796 e. The molecule has 0 atom stereocenters. The van der Waals surface area contributed by atoms with Crippen LogP contribution in [0.5, 0.6) is 0 Å². The molecule has 5 rings (SSSR count). The number of carbonyl (C=O) groups is 2. The van der Waals surface area contributed by atoms with E-state index < -0.39 is 26.5 Å². The van der Waals surface area contributed by atoms with Crippen LogP contribution in [0.25, 0.3) is 34.0 Å². The van der Waals surface area contributed by atoms with E-state index in [0.717, 1.165) is 67.8 Å². The molecule has 0 aliphatic heterocycles. The van der Waals surface area contributed by atoms with Gasteiger partial charge in [-0.3, -0.25) is 9.59 Å². The van der Waals surface area contributed by atoms with Gasteiger partial charge in [-0.15, -0.1) is 0 Å². The Morgan fingerprint density at radius 3 is 1.21 bits per heavy atom. The maximum Gasteiger partial charge on any atom is 0.796 e. The van der Waals surface area contributed by atoms with Crippen molar-refractivity contribution >= 4 is 38.0 Å². The summed E-state index contributed by atoms with van der Waals surface area (Å²) in [5.41, 5.74) is 11.0. The van der Waals surface area contributed by atoms with Crippen molar-refractivity contribution in [3.8, 4) is 22.5 Å². The second-order valence-corrected chi connectivity index (χ2v) is 13.9. The molecule has 0 spiro atoms.